The van der Waals surface area contributed by atoms with Crippen LogP contribution in [0.15, 0.2) is 43.0 Å². The number of carbonyl (C=O) groups is 1. The number of nitrogens with zero attached hydrogens (tertiary/aromatic N) is 5. The van der Waals surface area contributed by atoms with Crippen LogP contribution >= 0.6 is 0 Å². The average Bonchev–Trinajstić information content (AvgIpc) is 3.26. The Bertz CT molecular complexity index is 1050. The number of carbonyl (C=O) groups excluding carboxylic acids is 1. The largest absolute Gasteiger partial charge is 0.444 e. The van der Waals surface area contributed by atoms with Crippen molar-refractivity contribution in [2.45, 2.75) is 32.8 Å². The lowest BCUT2D eigenvalue weighted by molar-refractivity contribution is 0.0270. The van der Waals surface area contributed by atoms with Crippen LogP contribution in [0.25, 0.3) is 22.2 Å². The molecule has 4 rings (SSSR count). The van der Waals surface area contributed by atoms with E-state index < -0.39 is 5.60 Å². The summed E-state index contributed by atoms with van der Waals surface area (Å²) in [5.74, 6) is 0. The quantitative estimate of drug-likeness (QED) is 0.680. The van der Waals surface area contributed by atoms with Crippen molar-refractivity contribution in [3.05, 3.63) is 48.6 Å². The van der Waals surface area contributed by atoms with Crippen molar-refractivity contribution in [2.75, 3.05) is 13.1 Å². The summed E-state index contributed by atoms with van der Waals surface area (Å²) in [6.45, 7) is 6.85. The number of hydrogen-bond donors (Lipinski definition) is 0. The van der Waals surface area contributed by atoms with Gasteiger partial charge in [0.2, 0.25) is 0 Å². The van der Waals surface area contributed by atoms with Gasteiger partial charge in [0, 0.05) is 49.2 Å². The van der Waals surface area contributed by atoms with Gasteiger partial charge in [-0.2, -0.15) is 10.2 Å². The van der Waals surface area contributed by atoms with Gasteiger partial charge in [-0.05, 0) is 38.8 Å². The lowest BCUT2D eigenvalue weighted by Gasteiger charge is -2.29. The van der Waals surface area contributed by atoms with E-state index in [9.17, 15) is 4.79 Å². The summed E-state index contributed by atoms with van der Waals surface area (Å²) in [5.41, 5.74) is 5.04. The molecule has 28 heavy (non-hydrogen) atoms. The van der Waals surface area contributed by atoms with Gasteiger partial charge in [0.25, 0.3) is 0 Å². The van der Waals surface area contributed by atoms with Crippen molar-refractivity contribution >= 4 is 17.2 Å². The number of rotatable bonds is 2. The molecule has 0 radical (unpaired) electrons. The van der Waals surface area contributed by atoms with E-state index in [1.807, 2.05) is 57.1 Å². The van der Waals surface area contributed by atoms with Crippen molar-refractivity contribution < 1.29 is 9.53 Å². The number of hydrogen-bond acceptors (Lipinski definition) is 4. The van der Waals surface area contributed by atoms with Crippen molar-refractivity contribution in [1.29, 1.82) is 0 Å². The Balaban J connectivity index is 1.54. The maximum atomic E-state index is 12.2. The topological polar surface area (TPSA) is 64.7 Å². The third-order valence-corrected chi connectivity index (χ3v) is 4.76. The molecule has 4 heterocycles. The van der Waals surface area contributed by atoms with Crippen LogP contribution in [0.2, 0.25) is 0 Å². The summed E-state index contributed by atoms with van der Waals surface area (Å²) in [5, 5.41) is 8.76. The molecule has 3 aromatic heterocycles. The zero-order valence-corrected chi connectivity index (χ0v) is 16.7. The number of aromatic nitrogens is 4. The minimum Gasteiger partial charge on any atom is -0.444 e. The maximum absolute atomic E-state index is 12.2. The molecular formula is C21H25N5O2. The molecule has 0 bridgehead atoms. The normalized spacial score (nSPS) is 15.0. The third-order valence-electron chi connectivity index (χ3n) is 4.76. The highest BCUT2D eigenvalue weighted by molar-refractivity contribution is 5.81. The SMILES string of the molecule is Cn1cc(-c2ccc3c(C4=CCN(C(=O)OC(C)(C)C)CC4)cnn3c2)cn1. The van der Waals surface area contributed by atoms with E-state index in [1.54, 1.807) is 9.58 Å². The van der Waals surface area contributed by atoms with Crippen LogP contribution in [0.5, 0.6) is 0 Å². The second kappa shape index (κ2) is 6.82. The van der Waals surface area contributed by atoms with Crippen LogP contribution in [0.4, 0.5) is 4.79 Å². The molecule has 3 aromatic rings. The van der Waals surface area contributed by atoms with Crippen LogP contribution in [-0.2, 0) is 11.8 Å². The lowest BCUT2D eigenvalue weighted by Crippen LogP contribution is -2.39. The summed E-state index contributed by atoms with van der Waals surface area (Å²) in [7, 11) is 1.91. The van der Waals surface area contributed by atoms with Gasteiger partial charge in [0.15, 0.2) is 0 Å². The van der Waals surface area contributed by atoms with Gasteiger partial charge in [-0.15, -0.1) is 0 Å². The Morgan fingerprint density at radius 1 is 1.11 bits per heavy atom. The van der Waals surface area contributed by atoms with Gasteiger partial charge in [-0.1, -0.05) is 12.1 Å². The molecule has 0 saturated heterocycles. The van der Waals surface area contributed by atoms with Gasteiger partial charge in [0.1, 0.15) is 5.60 Å². The van der Waals surface area contributed by atoms with Crippen molar-refractivity contribution in [3.63, 3.8) is 0 Å². The Kier molecular flexibility index (Phi) is 4.45. The van der Waals surface area contributed by atoms with E-state index in [-0.39, 0.29) is 6.09 Å². The fourth-order valence-corrected chi connectivity index (χ4v) is 3.38. The number of amides is 1. The van der Waals surface area contributed by atoms with E-state index in [2.05, 4.69) is 28.4 Å². The first-order chi connectivity index (χ1) is 13.3. The minimum atomic E-state index is -0.477. The molecule has 0 N–H and O–H groups in total. The molecule has 0 atom stereocenters. The summed E-state index contributed by atoms with van der Waals surface area (Å²) >= 11 is 0. The number of pyridine rings is 1. The Morgan fingerprint density at radius 2 is 1.93 bits per heavy atom. The summed E-state index contributed by atoms with van der Waals surface area (Å²) in [6.07, 6.45) is 10.4. The molecule has 0 aliphatic carbocycles. The minimum absolute atomic E-state index is 0.260. The van der Waals surface area contributed by atoms with Crippen molar-refractivity contribution in [2.24, 2.45) is 7.05 Å². The fraction of sp³-hybridized carbons (Fsp3) is 0.381. The van der Waals surface area contributed by atoms with Gasteiger partial charge in [-0.3, -0.25) is 4.68 Å². The van der Waals surface area contributed by atoms with Crippen molar-refractivity contribution in [1.82, 2.24) is 24.3 Å². The molecular weight excluding hydrogens is 354 g/mol. The highest BCUT2D eigenvalue weighted by atomic mass is 16.6. The Morgan fingerprint density at radius 3 is 2.57 bits per heavy atom. The van der Waals surface area contributed by atoms with Crippen molar-refractivity contribution in [3.8, 4) is 11.1 Å². The molecule has 0 spiro atoms. The monoisotopic (exact) mass is 379 g/mol. The molecule has 0 fully saturated rings. The first-order valence-corrected chi connectivity index (χ1v) is 9.44. The summed E-state index contributed by atoms with van der Waals surface area (Å²) in [4.78, 5) is 14.0. The highest BCUT2D eigenvalue weighted by Crippen LogP contribution is 2.28. The second-order valence-electron chi connectivity index (χ2n) is 8.11. The second-order valence-corrected chi connectivity index (χ2v) is 8.11. The number of fused-ring (bicyclic) bond motifs is 1. The third kappa shape index (κ3) is 3.65. The molecule has 7 heteroatoms. The van der Waals surface area contributed by atoms with Gasteiger partial charge >= 0.3 is 6.09 Å². The van der Waals surface area contributed by atoms with Gasteiger partial charge in [-0.25, -0.2) is 9.31 Å². The van der Waals surface area contributed by atoms with E-state index >= 15 is 0 Å². The Labute approximate surface area is 164 Å². The smallest absolute Gasteiger partial charge is 0.410 e. The molecule has 0 saturated carbocycles. The van der Waals surface area contributed by atoms with Crippen LogP contribution in [-0.4, -0.2) is 49.1 Å². The molecule has 146 valence electrons. The molecule has 7 nitrogen and oxygen atoms in total. The first kappa shape index (κ1) is 18.3. The zero-order valence-electron chi connectivity index (χ0n) is 16.7. The maximum Gasteiger partial charge on any atom is 0.410 e. The van der Waals surface area contributed by atoms with Crippen LogP contribution in [0.1, 0.15) is 32.8 Å². The zero-order chi connectivity index (χ0) is 19.9. The standard InChI is InChI=1S/C21H25N5O2/c1-21(2,3)28-20(27)25-9-7-15(8-10-25)18-12-23-26-14-16(5-6-19(18)26)17-11-22-24(4)13-17/h5-7,11-14H,8-10H2,1-4H3. The van der Waals surface area contributed by atoms with Gasteiger partial charge in [0.05, 0.1) is 17.9 Å². The first-order valence-electron chi connectivity index (χ1n) is 9.44. The van der Waals surface area contributed by atoms with E-state index in [0.29, 0.717) is 13.1 Å². The Hall–Kier alpha value is -3.09. The molecule has 1 aliphatic rings. The predicted molar refractivity (Wildman–Crippen MR) is 108 cm³/mol. The van der Waals surface area contributed by atoms with Crippen LogP contribution in [0, 0.1) is 0 Å². The lowest BCUT2D eigenvalue weighted by atomic mass is 10.0. The highest BCUT2D eigenvalue weighted by Gasteiger charge is 2.24. The number of ether oxygens (including phenoxy) is 1. The fourth-order valence-electron chi connectivity index (χ4n) is 3.38. The number of aryl methyl sites for hydroxylation is 1. The summed E-state index contributed by atoms with van der Waals surface area (Å²) in [6, 6.07) is 4.18. The van der Waals surface area contributed by atoms with Crippen LogP contribution in [0.3, 0.4) is 0 Å². The van der Waals surface area contributed by atoms with E-state index in [4.69, 9.17) is 4.74 Å². The van der Waals surface area contributed by atoms with Gasteiger partial charge < -0.3 is 9.64 Å². The summed E-state index contributed by atoms with van der Waals surface area (Å²) < 4.78 is 9.16. The molecule has 0 unspecified atom stereocenters. The van der Waals surface area contributed by atoms with E-state index in [1.165, 1.54) is 5.57 Å². The predicted octanol–water partition coefficient (Wildman–Crippen LogP) is 3.76. The molecule has 1 amide bonds. The molecule has 1 aliphatic heterocycles. The molecule has 0 aromatic carbocycles. The average molecular weight is 379 g/mol. The van der Waals surface area contributed by atoms with Crippen LogP contribution < -0.4 is 0 Å². The van der Waals surface area contributed by atoms with E-state index in [0.717, 1.165) is 28.6 Å².